The number of hydrogen-bond acceptors (Lipinski definition) is 3. The third kappa shape index (κ3) is 4.71. The Bertz CT molecular complexity index is 859. The summed E-state index contributed by atoms with van der Waals surface area (Å²) in [6.07, 6.45) is 7.43. The van der Waals surface area contributed by atoms with Crippen molar-refractivity contribution >= 4 is 35.3 Å². The molecule has 1 amide bonds. The summed E-state index contributed by atoms with van der Waals surface area (Å²) in [6, 6.07) is 13.8. The van der Waals surface area contributed by atoms with Crippen molar-refractivity contribution in [1.29, 1.82) is 0 Å². The Labute approximate surface area is 163 Å². The van der Waals surface area contributed by atoms with Crippen LogP contribution in [-0.2, 0) is 11.3 Å². The molecule has 26 heavy (non-hydrogen) atoms. The molecule has 0 unspecified atom stereocenters. The van der Waals surface area contributed by atoms with Gasteiger partial charge in [0.2, 0.25) is 5.91 Å². The SMILES string of the molecule is CSc1ccc(CN(C)C(=O)/C=C/C2=Cc3cc(Cl)ccc3OC2)cc1. The van der Waals surface area contributed by atoms with Crippen LogP contribution in [0.25, 0.3) is 6.08 Å². The van der Waals surface area contributed by atoms with Gasteiger partial charge in [0.15, 0.2) is 0 Å². The highest BCUT2D eigenvalue weighted by Crippen LogP contribution is 2.29. The second-order valence-electron chi connectivity index (χ2n) is 6.07. The van der Waals surface area contributed by atoms with Crippen molar-refractivity contribution in [2.45, 2.75) is 11.4 Å². The summed E-state index contributed by atoms with van der Waals surface area (Å²) in [5, 5.41) is 0.664. The molecule has 2 aromatic rings. The quantitative estimate of drug-likeness (QED) is 0.532. The maximum Gasteiger partial charge on any atom is 0.246 e. The summed E-state index contributed by atoms with van der Waals surface area (Å²) in [4.78, 5) is 15.3. The first-order valence-electron chi connectivity index (χ1n) is 8.24. The van der Waals surface area contributed by atoms with Crippen LogP contribution in [0.5, 0.6) is 5.75 Å². The van der Waals surface area contributed by atoms with Gasteiger partial charge in [-0.2, -0.15) is 0 Å². The van der Waals surface area contributed by atoms with E-state index in [-0.39, 0.29) is 5.91 Å². The third-order valence-electron chi connectivity index (χ3n) is 4.10. The molecule has 0 fully saturated rings. The first-order chi connectivity index (χ1) is 12.5. The van der Waals surface area contributed by atoms with Crippen LogP contribution < -0.4 is 4.74 Å². The van der Waals surface area contributed by atoms with Crippen LogP contribution in [0.1, 0.15) is 11.1 Å². The number of ether oxygens (including phenoxy) is 1. The summed E-state index contributed by atoms with van der Waals surface area (Å²) < 4.78 is 5.70. The summed E-state index contributed by atoms with van der Waals surface area (Å²) in [7, 11) is 1.80. The average Bonchev–Trinajstić information content (AvgIpc) is 2.66. The van der Waals surface area contributed by atoms with Crippen molar-refractivity contribution in [3.63, 3.8) is 0 Å². The Morgan fingerprint density at radius 1 is 1.27 bits per heavy atom. The predicted octanol–water partition coefficient (Wildman–Crippen LogP) is 5.05. The van der Waals surface area contributed by atoms with Crippen LogP contribution in [0.15, 0.2) is 65.1 Å². The minimum absolute atomic E-state index is 0.0447. The lowest BCUT2D eigenvalue weighted by molar-refractivity contribution is -0.125. The van der Waals surface area contributed by atoms with Crippen LogP contribution in [-0.4, -0.2) is 30.7 Å². The number of benzene rings is 2. The van der Waals surface area contributed by atoms with E-state index in [1.54, 1.807) is 41.9 Å². The number of carbonyl (C=O) groups is 1. The first kappa shape index (κ1) is 18.6. The molecule has 0 saturated heterocycles. The van der Waals surface area contributed by atoms with Gasteiger partial charge < -0.3 is 9.64 Å². The molecule has 2 aromatic carbocycles. The van der Waals surface area contributed by atoms with Crippen molar-refractivity contribution in [2.75, 3.05) is 19.9 Å². The van der Waals surface area contributed by atoms with Gasteiger partial charge >= 0.3 is 0 Å². The number of nitrogens with zero attached hydrogens (tertiary/aromatic N) is 1. The Balaban J connectivity index is 1.63. The molecule has 1 heterocycles. The van der Waals surface area contributed by atoms with E-state index in [4.69, 9.17) is 16.3 Å². The highest BCUT2D eigenvalue weighted by atomic mass is 35.5. The third-order valence-corrected chi connectivity index (χ3v) is 5.08. The molecule has 0 spiro atoms. The van der Waals surface area contributed by atoms with E-state index in [1.807, 2.05) is 24.5 Å². The molecule has 3 rings (SSSR count). The molecule has 0 aromatic heterocycles. The van der Waals surface area contributed by atoms with E-state index in [0.29, 0.717) is 18.2 Å². The maximum atomic E-state index is 12.4. The van der Waals surface area contributed by atoms with Gasteiger partial charge in [-0.3, -0.25) is 4.79 Å². The number of thioether (sulfide) groups is 1. The highest BCUT2D eigenvalue weighted by molar-refractivity contribution is 7.98. The fraction of sp³-hybridized carbons (Fsp3) is 0.190. The fourth-order valence-electron chi connectivity index (χ4n) is 2.65. The van der Waals surface area contributed by atoms with Gasteiger partial charge in [-0.1, -0.05) is 29.8 Å². The molecule has 0 radical (unpaired) electrons. The van der Waals surface area contributed by atoms with Gasteiger partial charge in [0.25, 0.3) is 0 Å². The number of fused-ring (bicyclic) bond motifs is 1. The first-order valence-corrected chi connectivity index (χ1v) is 9.84. The molecular formula is C21H20ClNO2S. The number of likely N-dealkylation sites (N-methyl/N-ethyl adjacent to an activating group) is 1. The van der Waals surface area contributed by atoms with Crippen molar-refractivity contribution in [3.8, 4) is 5.75 Å². The predicted molar refractivity (Wildman–Crippen MR) is 109 cm³/mol. The van der Waals surface area contributed by atoms with E-state index in [0.717, 1.165) is 22.4 Å². The molecule has 1 aliphatic heterocycles. The van der Waals surface area contributed by atoms with Crippen molar-refractivity contribution in [2.24, 2.45) is 0 Å². The normalized spacial score (nSPS) is 13.1. The van der Waals surface area contributed by atoms with E-state index in [9.17, 15) is 4.79 Å². The van der Waals surface area contributed by atoms with Gasteiger partial charge in [0.1, 0.15) is 12.4 Å². The summed E-state index contributed by atoms with van der Waals surface area (Å²) in [6.45, 7) is 1.02. The second-order valence-corrected chi connectivity index (χ2v) is 7.38. The minimum Gasteiger partial charge on any atom is -0.488 e. The van der Waals surface area contributed by atoms with Crippen molar-refractivity contribution in [1.82, 2.24) is 4.90 Å². The van der Waals surface area contributed by atoms with Gasteiger partial charge in [-0.25, -0.2) is 0 Å². The molecule has 134 valence electrons. The lowest BCUT2D eigenvalue weighted by atomic mass is 10.1. The van der Waals surface area contributed by atoms with E-state index < -0.39 is 0 Å². The Kier molecular flexibility index (Phi) is 6.07. The van der Waals surface area contributed by atoms with E-state index in [1.165, 1.54) is 4.90 Å². The van der Waals surface area contributed by atoms with E-state index in [2.05, 4.69) is 24.3 Å². The standard InChI is InChI=1S/C21H20ClNO2S/c1-23(13-15-3-7-19(26-2)8-4-15)21(24)10-5-16-11-17-12-18(22)6-9-20(17)25-14-16/h3-12H,13-14H2,1-2H3/b10-5+. The van der Waals surface area contributed by atoms with Gasteiger partial charge in [0.05, 0.1) is 0 Å². The zero-order valence-corrected chi connectivity index (χ0v) is 16.3. The maximum absolute atomic E-state index is 12.4. The molecule has 0 bridgehead atoms. The highest BCUT2D eigenvalue weighted by Gasteiger charge is 2.11. The average molecular weight is 386 g/mol. The van der Waals surface area contributed by atoms with Gasteiger partial charge in [-0.05, 0) is 53.8 Å². The minimum atomic E-state index is -0.0447. The number of amides is 1. The lowest BCUT2D eigenvalue weighted by Gasteiger charge is -2.17. The zero-order valence-electron chi connectivity index (χ0n) is 14.7. The van der Waals surface area contributed by atoms with Crippen LogP contribution in [0.4, 0.5) is 0 Å². The van der Waals surface area contributed by atoms with Crippen LogP contribution >= 0.6 is 23.4 Å². The van der Waals surface area contributed by atoms with E-state index >= 15 is 0 Å². The summed E-state index contributed by atoms with van der Waals surface area (Å²) in [5.74, 6) is 0.764. The molecule has 0 saturated carbocycles. The Morgan fingerprint density at radius 2 is 2.04 bits per heavy atom. The summed E-state index contributed by atoms with van der Waals surface area (Å²) >= 11 is 7.73. The van der Waals surface area contributed by atoms with Gasteiger partial charge in [0, 0.05) is 35.2 Å². The number of rotatable bonds is 5. The monoisotopic (exact) mass is 385 g/mol. The van der Waals surface area contributed by atoms with Crippen molar-refractivity contribution in [3.05, 3.63) is 76.3 Å². The molecular weight excluding hydrogens is 366 g/mol. The molecule has 0 atom stereocenters. The molecule has 3 nitrogen and oxygen atoms in total. The number of hydrogen-bond donors (Lipinski definition) is 0. The summed E-state index contributed by atoms with van der Waals surface area (Å²) in [5.41, 5.74) is 2.97. The van der Waals surface area contributed by atoms with Gasteiger partial charge in [-0.15, -0.1) is 11.8 Å². The molecule has 0 aliphatic carbocycles. The van der Waals surface area contributed by atoms with Crippen LogP contribution in [0, 0.1) is 0 Å². The smallest absolute Gasteiger partial charge is 0.246 e. The largest absolute Gasteiger partial charge is 0.488 e. The lowest BCUT2D eigenvalue weighted by Crippen LogP contribution is -2.24. The second kappa shape index (κ2) is 8.47. The van der Waals surface area contributed by atoms with Crippen molar-refractivity contribution < 1.29 is 9.53 Å². The molecule has 0 N–H and O–H groups in total. The Hall–Kier alpha value is -2.17. The fourth-order valence-corrected chi connectivity index (χ4v) is 3.24. The van der Waals surface area contributed by atoms with Crippen LogP contribution in [0.2, 0.25) is 5.02 Å². The molecule has 1 aliphatic rings. The van der Waals surface area contributed by atoms with Crippen LogP contribution in [0.3, 0.4) is 0 Å². The zero-order chi connectivity index (χ0) is 18.5. The number of halogens is 1. The topological polar surface area (TPSA) is 29.5 Å². The molecule has 5 heteroatoms. The Morgan fingerprint density at radius 3 is 2.77 bits per heavy atom. The number of carbonyl (C=O) groups excluding carboxylic acids is 1.